The normalized spacial score (nSPS) is 31.1. The molecule has 2 N–H and O–H groups in total. The van der Waals surface area contributed by atoms with Crippen molar-refractivity contribution < 1.29 is 19.1 Å². The summed E-state index contributed by atoms with van der Waals surface area (Å²) in [6.07, 6.45) is 1.17. The van der Waals surface area contributed by atoms with E-state index in [0.29, 0.717) is 29.4 Å². The Kier molecular flexibility index (Phi) is 2.51. The number of hydrogen-bond donors (Lipinski definition) is 2. The van der Waals surface area contributed by atoms with Gasteiger partial charge in [0.15, 0.2) is 0 Å². The Labute approximate surface area is 117 Å². The van der Waals surface area contributed by atoms with Crippen LogP contribution in [0.1, 0.15) is 19.3 Å². The van der Waals surface area contributed by atoms with E-state index in [-0.39, 0.29) is 5.91 Å². The first kappa shape index (κ1) is 12.6. The Bertz CT molecular complexity index is 582. The first-order valence-electron chi connectivity index (χ1n) is 5.87. The third kappa shape index (κ3) is 1.69. The van der Waals surface area contributed by atoms with E-state index in [0.717, 1.165) is 0 Å². The van der Waals surface area contributed by atoms with Gasteiger partial charge in [0, 0.05) is 5.69 Å². The Morgan fingerprint density at radius 2 is 1.89 bits per heavy atom. The van der Waals surface area contributed by atoms with E-state index >= 15 is 0 Å². The van der Waals surface area contributed by atoms with Gasteiger partial charge in [-0.05, 0) is 53.4 Å². The number of rotatable bonds is 3. The molecular weight excluding hydrogens is 317 g/mol. The molecule has 3 fully saturated rings. The smallest absolute Gasteiger partial charge is 0.309 e. The number of halogens is 2. The second-order valence-corrected chi connectivity index (χ2v) is 6.33. The van der Waals surface area contributed by atoms with Crippen molar-refractivity contribution in [3.63, 3.8) is 0 Å². The number of hydrogen-bond acceptors (Lipinski definition) is 2. The van der Waals surface area contributed by atoms with Gasteiger partial charge in [0.05, 0.1) is 15.3 Å². The Balaban J connectivity index is 1.68. The van der Waals surface area contributed by atoms with Gasteiger partial charge in [-0.25, -0.2) is 4.39 Å². The number of carbonyl (C=O) groups excluding carboxylic acids is 1. The molecule has 1 aromatic rings. The zero-order valence-corrected chi connectivity index (χ0v) is 11.5. The fraction of sp³-hybridized carbons (Fsp3) is 0.385. The lowest BCUT2D eigenvalue weighted by molar-refractivity contribution is -0.217. The molecule has 0 unspecified atom stereocenters. The van der Waals surface area contributed by atoms with Crippen molar-refractivity contribution in [2.45, 2.75) is 19.3 Å². The number of nitrogens with one attached hydrogen (secondary N) is 1. The summed E-state index contributed by atoms with van der Waals surface area (Å²) in [5.41, 5.74) is -0.843. The maximum Gasteiger partial charge on any atom is 0.309 e. The molecule has 0 heterocycles. The molecule has 100 valence electrons. The number of carbonyl (C=O) groups is 2. The molecule has 4 nitrogen and oxygen atoms in total. The van der Waals surface area contributed by atoms with Crippen LogP contribution in [0.5, 0.6) is 0 Å². The highest BCUT2D eigenvalue weighted by Gasteiger charge is 2.75. The van der Waals surface area contributed by atoms with Crippen molar-refractivity contribution in [1.29, 1.82) is 0 Å². The lowest BCUT2D eigenvalue weighted by Crippen LogP contribution is -2.69. The number of aliphatic carboxylic acids is 1. The van der Waals surface area contributed by atoms with Crippen LogP contribution in [-0.4, -0.2) is 17.0 Å². The van der Waals surface area contributed by atoms with Crippen LogP contribution in [0, 0.1) is 16.6 Å². The second kappa shape index (κ2) is 3.79. The van der Waals surface area contributed by atoms with Crippen molar-refractivity contribution in [1.82, 2.24) is 0 Å². The summed E-state index contributed by atoms with van der Waals surface area (Å²) in [6.45, 7) is 0. The van der Waals surface area contributed by atoms with Crippen LogP contribution in [0.4, 0.5) is 10.1 Å². The zero-order chi connectivity index (χ0) is 13.8. The molecule has 0 atom stereocenters. The maximum absolute atomic E-state index is 13.3. The summed E-state index contributed by atoms with van der Waals surface area (Å²) in [5.74, 6) is -1.48. The van der Waals surface area contributed by atoms with E-state index in [4.69, 9.17) is 5.11 Å². The lowest BCUT2D eigenvalue weighted by Gasteiger charge is -2.66. The van der Waals surface area contributed by atoms with Crippen molar-refractivity contribution >= 4 is 33.5 Å². The minimum absolute atomic E-state index is 0.211. The maximum atomic E-state index is 13.3. The molecule has 0 aliphatic heterocycles. The van der Waals surface area contributed by atoms with E-state index in [2.05, 4.69) is 21.2 Å². The molecule has 0 radical (unpaired) electrons. The Morgan fingerprint density at radius 1 is 1.26 bits per heavy atom. The monoisotopic (exact) mass is 327 g/mol. The molecule has 0 spiro atoms. The van der Waals surface area contributed by atoms with E-state index in [1.54, 1.807) is 6.07 Å². The van der Waals surface area contributed by atoms with E-state index < -0.39 is 22.6 Å². The fourth-order valence-corrected chi connectivity index (χ4v) is 3.34. The molecule has 0 saturated heterocycles. The van der Waals surface area contributed by atoms with E-state index in [9.17, 15) is 14.0 Å². The molecule has 1 amide bonds. The molecule has 4 rings (SSSR count). The van der Waals surface area contributed by atoms with Crippen LogP contribution in [0.25, 0.3) is 0 Å². The standard InChI is InChI=1S/C13H11BrFNO3/c14-8-2-1-7(3-9(8)15)16-10(17)12-4-13(5-12,6-12)11(18)19/h1-3H,4-6H2,(H,16,17)(H,18,19). The quantitative estimate of drug-likeness (QED) is 0.897. The van der Waals surface area contributed by atoms with Gasteiger partial charge in [-0.2, -0.15) is 0 Å². The molecule has 1 aromatic carbocycles. The van der Waals surface area contributed by atoms with Crippen molar-refractivity contribution in [3.8, 4) is 0 Å². The van der Waals surface area contributed by atoms with Gasteiger partial charge in [0.1, 0.15) is 5.82 Å². The summed E-state index contributed by atoms with van der Waals surface area (Å²) >= 11 is 3.04. The largest absolute Gasteiger partial charge is 0.481 e. The van der Waals surface area contributed by atoms with Gasteiger partial charge in [0.2, 0.25) is 5.91 Å². The van der Waals surface area contributed by atoms with Gasteiger partial charge >= 0.3 is 5.97 Å². The molecule has 19 heavy (non-hydrogen) atoms. The van der Waals surface area contributed by atoms with Crippen LogP contribution < -0.4 is 5.32 Å². The summed E-state index contributed by atoms with van der Waals surface area (Å²) in [5, 5.41) is 11.7. The average molecular weight is 328 g/mol. The third-order valence-corrected chi connectivity index (χ3v) is 4.79. The van der Waals surface area contributed by atoms with Crippen LogP contribution >= 0.6 is 15.9 Å². The van der Waals surface area contributed by atoms with Crippen LogP contribution in [-0.2, 0) is 9.59 Å². The third-order valence-electron chi connectivity index (χ3n) is 4.14. The summed E-state index contributed by atoms with van der Waals surface area (Å²) in [4.78, 5) is 23.0. The lowest BCUT2D eigenvalue weighted by atomic mass is 9.35. The van der Waals surface area contributed by atoms with Gasteiger partial charge in [-0.15, -0.1) is 0 Å². The minimum atomic E-state index is -0.822. The highest BCUT2D eigenvalue weighted by Crippen LogP contribution is 2.73. The molecule has 2 bridgehead atoms. The second-order valence-electron chi connectivity index (χ2n) is 5.48. The predicted molar refractivity (Wildman–Crippen MR) is 69.1 cm³/mol. The number of benzene rings is 1. The van der Waals surface area contributed by atoms with Crippen LogP contribution in [0.3, 0.4) is 0 Å². The zero-order valence-electron chi connectivity index (χ0n) is 9.87. The topological polar surface area (TPSA) is 66.4 Å². The Morgan fingerprint density at radius 3 is 2.42 bits per heavy atom. The SMILES string of the molecule is O=C(O)C12CC(C(=O)Nc3ccc(Br)c(F)c3)(C1)C2. The summed E-state index contributed by atoms with van der Waals surface area (Å²) in [6, 6.07) is 4.36. The highest BCUT2D eigenvalue weighted by molar-refractivity contribution is 9.10. The number of amides is 1. The molecule has 3 saturated carbocycles. The van der Waals surface area contributed by atoms with Crippen LogP contribution in [0.2, 0.25) is 0 Å². The molecule has 0 aromatic heterocycles. The highest BCUT2D eigenvalue weighted by atomic mass is 79.9. The average Bonchev–Trinajstić information content (AvgIpc) is 2.19. The van der Waals surface area contributed by atoms with E-state index in [1.807, 2.05) is 0 Å². The number of carboxylic acids is 1. The summed E-state index contributed by atoms with van der Waals surface area (Å²) in [7, 11) is 0. The van der Waals surface area contributed by atoms with Crippen LogP contribution in [0.15, 0.2) is 22.7 Å². The molecule has 3 aliphatic rings. The van der Waals surface area contributed by atoms with E-state index in [1.165, 1.54) is 12.1 Å². The molecule has 3 aliphatic carbocycles. The number of carboxylic acid groups (broad SMARTS) is 1. The van der Waals surface area contributed by atoms with Gasteiger partial charge in [-0.1, -0.05) is 0 Å². The predicted octanol–water partition coefficient (Wildman–Crippen LogP) is 2.78. The number of anilines is 1. The van der Waals surface area contributed by atoms with Crippen molar-refractivity contribution in [3.05, 3.63) is 28.5 Å². The molecule has 6 heteroatoms. The van der Waals surface area contributed by atoms with Gasteiger partial charge in [0.25, 0.3) is 0 Å². The molecular formula is C13H11BrFNO3. The first-order chi connectivity index (χ1) is 8.87. The van der Waals surface area contributed by atoms with Crippen molar-refractivity contribution in [2.24, 2.45) is 10.8 Å². The first-order valence-corrected chi connectivity index (χ1v) is 6.66. The minimum Gasteiger partial charge on any atom is -0.481 e. The summed E-state index contributed by atoms with van der Waals surface area (Å²) < 4.78 is 13.7. The van der Waals surface area contributed by atoms with Crippen molar-refractivity contribution in [2.75, 3.05) is 5.32 Å². The van der Waals surface area contributed by atoms with Gasteiger partial charge < -0.3 is 10.4 Å². The van der Waals surface area contributed by atoms with Gasteiger partial charge in [-0.3, -0.25) is 9.59 Å². The fourth-order valence-electron chi connectivity index (χ4n) is 3.09. The Hall–Kier alpha value is -1.43.